The Balaban J connectivity index is 2.05. The zero-order valence-electron chi connectivity index (χ0n) is 9.60. The van der Waals surface area contributed by atoms with E-state index in [0.717, 1.165) is 24.4 Å². The minimum absolute atomic E-state index is 0.647. The van der Waals surface area contributed by atoms with Crippen LogP contribution in [0, 0.1) is 6.92 Å². The Kier molecular flexibility index (Phi) is 3.36. The second-order valence-corrected chi connectivity index (χ2v) is 3.52. The number of hydrogen-bond acceptors (Lipinski definition) is 4. The maximum atomic E-state index is 5.23. The third-order valence-electron chi connectivity index (χ3n) is 2.29. The van der Waals surface area contributed by atoms with Gasteiger partial charge in [-0.05, 0) is 25.5 Å². The number of rotatable bonds is 5. The van der Waals surface area contributed by atoms with Crippen molar-refractivity contribution < 1.29 is 4.74 Å². The van der Waals surface area contributed by atoms with E-state index < -0.39 is 0 Å². The summed E-state index contributed by atoms with van der Waals surface area (Å²) in [5.41, 5.74) is 2.01. The fourth-order valence-corrected chi connectivity index (χ4v) is 1.49. The number of aryl methyl sites for hydroxylation is 1. The summed E-state index contributed by atoms with van der Waals surface area (Å²) in [5, 5.41) is 7.44. The predicted molar refractivity (Wildman–Crippen MR) is 62.7 cm³/mol. The molecule has 0 aliphatic rings. The van der Waals surface area contributed by atoms with Gasteiger partial charge in [0.1, 0.15) is 0 Å². The van der Waals surface area contributed by atoms with Crippen LogP contribution in [0.15, 0.2) is 18.3 Å². The van der Waals surface area contributed by atoms with Crippen LogP contribution in [0.1, 0.15) is 12.5 Å². The van der Waals surface area contributed by atoms with Crippen LogP contribution >= 0.6 is 0 Å². The summed E-state index contributed by atoms with van der Waals surface area (Å²) < 4.78 is 7.00. The van der Waals surface area contributed by atoms with E-state index in [1.165, 1.54) is 0 Å². The molecule has 0 aliphatic heterocycles. The Morgan fingerprint density at radius 2 is 2.38 bits per heavy atom. The zero-order chi connectivity index (χ0) is 11.4. The van der Waals surface area contributed by atoms with Crippen LogP contribution in [0.5, 0.6) is 0 Å². The van der Waals surface area contributed by atoms with Gasteiger partial charge >= 0.3 is 0 Å². The number of aromatic nitrogens is 3. The van der Waals surface area contributed by atoms with E-state index in [0.29, 0.717) is 12.6 Å². The highest BCUT2D eigenvalue weighted by atomic mass is 16.5. The van der Waals surface area contributed by atoms with Crippen molar-refractivity contribution in [1.82, 2.24) is 14.6 Å². The molecule has 5 heteroatoms. The molecule has 0 saturated carbocycles. The molecule has 0 unspecified atom stereocenters. The lowest BCUT2D eigenvalue weighted by Crippen LogP contribution is -2.10. The molecule has 0 aliphatic carbocycles. The van der Waals surface area contributed by atoms with Crippen LogP contribution in [0.2, 0.25) is 0 Å². The van der Waals surface area contributed by atoms with E-state index in [1.807, 2.05) is 32.2 Å². The molecule has 0 radical (unpaired) electrons. The first-order valence-electron chi connectivity index (χ1n) is 5.45. The predicted octanol–water partition coefficient (Wildman–Crippen LogP) is 1.49. The fraction of sp³-hybridized carbons (Fsp3) is 0.455. The van der Waals surface area contributed by atoms with Crippen LogP contribution in [0.25, 0.3) is 5.65 Å². The molecule has 0 saturated heterocycles. The Morgan fingerprint density at radius 3 is 3.12 bits per heavy atom. The maximum Gasteiger partial charge on any atom is 0.243 e. The number of nitrogens with one attached hydrogen (secondary N) is 1. The molecule has 2 aromatic heterocycles. The highest BCUT2D eigenvalue weighted by molar-refractivity contribution is 5.49. The van der Waals surface area contributed by atoms with Crippen molar-refractivity contribution in [2.45, 2.75) is 13.8 Å². The molecular weight excluding hydrogens is 204 g/mol. The van der Waals surface area contributed by atoms with E-state index in [9.17, 15) is 0 Å². The number of fused-ring (bicyclic) bond motifs is 1. The summed E-state index contributed by atoms with van der Waals surface area (Å²) in [6, 6.07) is 3.98. The third-order valence-corrected chi connectivity index (χ3v) is 2.29. The van der Waals surface area contributed by atoms with Gasteiger partial charge in [0.25, 0.3) is 0 Å². The summed E-state index contributed by atoms with van der Waals surface area (Å²) in [5.74, 6) is 0.647. The lowest BCUT2D eigenvalue weighted by atomic mass is 10.3. The van der Waals surface area contributed by atoms with E-state index in [4.69, 9.17) is 4.74 Å². The van der Waals surface area contributed by atoms with Crippen molar-refractivity contribution in [3.05, 3.63) is 23.9 Å². The van der Waals surface area contributed by atoms with E-state index in [1.54, 1.807) is 4.52 Å². The molecule has 16 heavy (non-hydrogen) atoms. The lowest BCUT2D eigenvalue weighted by Gasteiger charge is -2.00. The zero-order valence-corrected chi connectivity index (χ0v) is 9.60. The minimum atomic E-state index is 0.647. The minimum Gasteiger partial charge on any atom is -0.380 e. The average Bonchev–Trinajstić information content (AvgIpc) is 2.69. The Morgan fingerprint density at radius 1 is 1.50 bits per heavy atom. The molecule has 2 heterocycles. The molecule has 0 spiro atoms. The summed E-state index contributed by atoms with van der Waals surface area (Å²) in [4.78, 5) is 4.40. The van der Waals surface area contributed by atoms with E-state index >= 15 is 0 Å². The van der Waals surface area contributed by atoms with Crippen molar-refractivity contribution in [2.75, 3.05) is 25.1 Å². The third kappa shape index (κ3) is 2.30. The number of nitrogens with zero attached hydrogens (tertiary/aromatic N) is 3. The SMILES string of the molecule is CCOCCNc1nc2c(C)cccn2n1. The van der Waals surface area contributed by atoms with Crippen LogP contribution in [0.4, 0.5) is 5.95 Å². The summed E-state index contributed by atoms with van der Waals surface area (Å²) in [7, 11) is 0. The highest BCUT2D eigenvalue weighted by Crippen LogP contribution is 2.09. The molecule has 0 aromatic carbocycles. The van der Waals surface area contributed by atoms with Gasteiger partial charge in [0.2, 0.25) is 5.95 Å². The van der Waals surface area contributed by atoms with Gasteiger partial charge in [-0.2, -0.15) is 4.98 Å². The quantitative estimate of drug-likeness (QED) is 0.775. The second kappa shape index (κ2) is 4.94. The Hall–Kier alpha value is -1.62. The lowest BCUT2D eigenvalue weighted by molar-refractivity contribution is 0.158. The van der Waals surface area contributed by atoms with Gasteiger partial charge in [0.05, 0.1) is 6.61 Å². The van der Waals surface area contributed by atoms with E-state index in [-0.39, 0.29) is 0 Å². The summed E-state index contributed by atoms with van der Waals surface area (Å²) in [6.07, 6.45) is 1.89. The summed E-state index contributed by atoms with van der Waals surface area (Å²) >= 11 is 0. The maximum absolute atomic E-state index is 5.23. The van der Waals surface area contributed by atoms with Crippen molar-refractivity contribution in [3.63, 3.8) is 0 Å². The Bertz CT molecular complexity index is 466. The van der Waals surface area contributed by atoms with Crippen LogP contribution in [0.3, 0.4) is 0 Å². The number of anilines is 1. The van der Waals surface area contributed by atoms with Gasteiger partial charge in [-0.3, -0.25) is 0 Å². The van der Waals surface area contributed by atoms with Crippen molar-refractivity contribution >= 4 is 11.6 Å². The van der Waals surface area contributed by atoms with Gasteiger partial charge in [-0.15, -0.1) is 5.10 Å². The summed E-state index contributed by atoms with van der Waals surface area (Å²) in [6.45, 7) is 6.13. The van der Waals surface area contributed by atoms with Crippen LogP contribution in [-0.2, 0) is 4.74 Å². The topological polar surface area (TPSA) is 51.5 Å². The van der Waals surface area contributed by atoms with Gasteiger partial charge in [0.15, 0.2) is 5.65 Å². The monoisotopic (exact) mass is 220 g/mol. The van der Waals surface area contributed by atoms with Crippen molar-refractivity contribution in [2.24, 2.45) is 0 Å². The molecule has 0 amide bonds. The smallest absolute Gasteiger partial charge is 0.243 e. The molecular formula is C11H16N4O. The molecule has 0 atom stereocenters. The van der Waals surface area contributed by atoms with Gasteiger partial charge in [-0.25, -0.2) is 4.52 Å². The standard InChI is InChI=1S/C11H16N4O/c1-3-16-8-6-12-11-13-10-9(2)5-4-7-15(10)14-11/h4-5,7H,3,6,8H2,1-2H3,(H,12,14). The van der Waals surface area contributed by atoms with E-state index in [2.05, 4.69) is 15.4 Å². The number of pyridine rings is 1. The first-order chi connectivity index (χ1) is 7.81. The number of hydrogen-bond donors (Lipinski definition) is 1. The molecule has 0 bridgehead atoms. The normalized spacial score (nSPS) is 10.9. The molecule has 2 rings (SSSR count). The molecule has 0 fully saturated rings. The van der Waals surface area contributed by atoms with Gasteiger partial charge < -0.3 is 10.1 Å². The van der Waals surface area contributed by atoms with Crippen LogP contribution < -0.4 is 5.32 Å². The largest absolute Gasteiger partial charge is 0.380 e. The molecule has 2 aromatic rings. The average molecular weight is 220 g/mol. The Labute approximate surface area is 94.4 Å². The fourth-order valence-electron chi connectivity index (χ4n) is 1.49. The first kappa shape index (κ1) is 10.9. The van der Waals surface area contributed by atoms with Crippen molar-refractivity contribution in [3.8, 4) is 0 Å². The molecule has 5 nitrogen and oxygen atoms in total. The highest BCUT2D eigenvalue weighted by Gasteiger charge is 2.03. The second-order valence-electron chi connectivity index (χ2n) is 3.52. The number of ether oxygens (including phenoxy) is 1. The first-order valence-corrected chi connectivity index (χ1v) is 5.45. The van der Waals surface area contributed by atoms with Gasteiger partial charge in [0, 0.05) is 19.3 Å². The molecule has 86 valence electrons. The van der Waals surface area contributed by atoms with Crippen molar-refractivity contribution in [1.29, 1.82) is 0 Å². The van der Waals surface area contributed by atoms with Crippen LogP contribution in [-0.4, -0.2) is 34.4 Å². The molecule has 1 N–H and O–H groups in total. The van der Waals surface area contributed by atoms with Gasteiger partial charge in [-0.1, -0.05) is 6.07 Å².